The van der Waals surface area contributed by atoms with Crippen LogP contribution >= 0.6 is 7.82 Å². The Bertz CT molecular complexity index is 726. The summed E-state index contributed by atoms with van der Waals surface area (Å²) in [5.41, 5.74) is 2.11. The third-order valence-electron chi connectivity index (χ3n) is 4.35. The summed E-state index contributed by atoms with van der Waals surface area (Å²) < 4.78 is 15.5. The molecule has 1 atom stereocenters. The Morgan fingerprint density at radius 1 is 1.39 bits per heavy atom. The SMILES string of the molecule is O=P(O)(O)OC[C@@H]1CCCN1CCc1c[nH]c2ccc(O)cc12. The molecule has 7 nitrogen and oxygen atoms in total. The minimum atomic E-state index is -4.41. The highest BCUT2D eigenvalue weighted by atomic mass is 31.2. The number of aromatic nitrogens is 1. The molecule has 0 radical (unpaired) electrons. The van der Waals surface area contributed by atoms with Gasteiger partial charge in [0.1, 0.15) is 5.75 Å². The molecule has 23 heavy (non-hydrogen) atoms. The van der Waals surface area contributed by atoms with E-state index in [1.54, 1.807) is 12.1 Å². The Morgan fingerprint density at radius 2 is 2.22 bits per heavy atom. The first-order valence-corrected chi connectivity index (χ1v) is 9.18. The van der Waals surface area contributed by atoms with Gasteiger partial charge in [-0.05, 0) is 49.6 Å². The van der Waals surface area contributed by atoms with Crippen molar-refractivity contribution in [1.29, 1.82) is 0 Å². The van der Waals surface area contributed by atoms with E-state index in [0.717, 1.165) is 48.8 Å². The Kier molecular flexibility index (Phi) is 4.75. The van der Waals surface area contributed by atoms with Gasteiger partial charge in [-0.2, -0.15) is 0 Å². The number of hydrogen-bond acceptors (Lipinski definition) is 4. The number of aromatic hydroxyl groups is 1. The molecule has 1 aromatic carbocycles. The summed E-state index contributed by atoms with van der Waals surface area (Å²) in [7, 11) is -4.41. The van der Waals surface area contributed by atoms with Crippen molar-refractivity contribution in [3.63, 3.8) is 0 Å². The molecule has 0 unspecified atom stereocenters. The molecule has 2 aromatic rings. The third-order valence-corrected chi connectivity index (χ3v) is 4.84. The van der Waals surface area contributed by atoms with Crippen molar-refractivity contribution in [1.82, 2.24) is 9.88 Å². The molecule has 0 aliphatic carbocycles. The van der Waals surface area contributed by atoms with Gasteiger partial charge in [0, 0.05) is 29.7 Å². The van der Waals surface area contributed by atoms with Gasteiger partial charge in [0.15, 0.2) is 0 Å². The summed E-state index contributed by atoms with van der Waals surface area (Å²) in [4.78, 5) is 23.1. The number of fused-ring (bicyclic) bond motifs is 1. The molecule has 1 aromatic heterocycles. The van der Waals surface area contributed by atoms with Gasteiger partial charge >= 0.3 is 7.82 Å². The molecule has 0 spiro atoms. The molecule has 0 bridgehead atoms. The predicted molar refractivity (Wildman–Crippen MR) is 86.3 cm³/mol. The average Bonchev–Trinajstić information content (AvgIpc) is 3.08. The standard InChI is InChI=1S/C15H21N2O5P/c18-13-3-4-15-14(8-13)11(9-16-15)5-7-17-6-1-2-12(17)10-22-23(19,20)21/h3-4,8-9,12,16,18H,1-2,5-7,10H2,(H2,19,20,21)/t12-/m0/s1. The van der Waals surface area contributed by atoms with E-state index in [4.69, 9.17) is 9.79 Å². The number of benzene rings is 1. The number of hydrogen-bond donors (Lipinski definition) is 4. The van der Waals surface area contributed by atoms with Crippen LogP contribution in [-0.2, 0) is 15.5 Å². The molecule has 0 saturated carbocycles. The second-order valence-corrected chi connectivity index (χ2v) is 7.15. The zero-order valence-corrected chi connectivity index (χ0v) is 13.6. The molecule has 1 fully saturated rings. The van der Waals surface area contributed by atoms with Crippen LogP contribution in [0.25, 0.3) is 10.9 Å². The molecule has 8 heteroatoms. The number of phosphoric ester groups is 1. The maximum absolute atomic E-state index is 10.8. The molecule has 1 saturated heterocycles. The van der Waals surface area contributed by atoms with Gasteiger partial charge < -0.3 is 19.9 Å². The minimum Gasteiger partial charge on any atom is -0.508 e. The molecule has 2 heterocycles. The maximum Gasteiger partial charge on any atom is 0.469 e. The second kappa shape index (κ2) is 6.63. The fraction of sp³-hybridized carbons (Fsp3) is 0.467. The highest BCUT2D eigenvalue weighted by molar-refractivity contribution is 7.46. The smallest absolute Gasteiger partial charge is 0.469 e. The maximum atomic E-state index is 10.8. The van der Waals surface area contributed by atoms with Crippen LogP contribution in [0, 0.1) is 0 Å². The normalized spacial score (nSPS) is 19.7. The van der Waals surface area contributed by atoms with Crippen LogP contribution in [0.15, 0.2) is 24.4 Å². The van der Waals surface area contributed by atoms with Crippen molar-refractivity contribution in [3.8, 4) is 5.75 Å². The fourth-order valence-corrected chi connectivity index (χ4v) is 3.56. The van der Waals surface area contributed by atoms with Gasteiger partial charge in [-0.25, -0.2) is 4.57 Å². The second-order valence-electron chi connectivity index (χ2n) is 5.91. The third kappa shape index (κ3) is 4.13. The molecular formula is C15H21N2O5P. The molecule has 126 valence electrons. The zero-order valence-electron chi connectivity index (χ0n) is 12.7. The van der Waals surface area contributed by atoms with Gasteiger partial charge in [-0.1, -0.05) is 0 Å². The van der Waals surface area contributed by atoms with Gasteiger partial charge in [-0.3, -0.25) is 9.42 Å². The van der Waals surface area contributed by atoms with E-state index in [1.807, 2.05) is 12.3 Å². The topological polar surface area (TPSA) is 106 Å². The van der Waals surface area contributed by atoms with E-state index < -0.39 is 7.82 Å². The summed E-state index contributed by atoms with van der Waals surface area (Å²) in [6, 6.07) is 5.29. The van der Waals surface area contributed by atoms with Crippen molar-refractivity contribution in [2.24, 2.45) is 0 Å². The number of nitrogens with one attached hydrogen (secondary N) is 1. The lowest BCUT2D eigenvalue weighted by Gasteiger charge is -2.24. The van der Waals surface area contributed by atoms with Crippen LogP contribution < -0.4 is 0 Å². The number of phenols is 1. The van der Waals surface area contributed by atoms with Crippen molar-refractivity contribution >= 4 is 18.7 Å². The van der Waals surface area contributed by atoms with Crippen molar-refractivity contribution in [3.05, 3.63) is 30.0 Å². The van der Waals surface area contributed by atoms with Crippen LogP contribution in [-0.4, -0.2) is 50.5 Å². The van der Waals surface area contributed by atoms with Crippen molar-refractivity contribution < 1.29 is 24.0 Å². The van der Waals surface area contributed by atoms with E-state index in [1.165, 1.54) is 0 Å². The summed E-state index contributed by atoms with van der Waals surface area (Å²) in [6.45, 7) is 1.75. The zero-order chi connectivity index (χ0) is 16.4. The highest BCUT2D eigenvalue weighted by Gasteiger charge is 2.27. The number of phosphoric acid groups is 1. The van der Waals surface area contributed by atoms with Crippen molar-refractivity contribution in [2.45, 2.75) is 25.3 Å². The van der Waals surface area contributed by atoms with E-state index in [-0.39, 0.29) is 18.4 Å². The predicted octanol–water partition coefficient (Wildman–Crippen LogP) is 1.99. The first kappa shape index (κ1) is 16.5. The fourth-order valence-electron chi connectivity index (χ4n) is 3.20. The lowest BCUT2D eigenvalue weighted by molar-refractivity contribution is 0.135. The lowest BCUT2D eigenvalue weighted by Crippen LogP contribution is -2.34. The number of aromatic amines is 1. The van der Waals surface area contributed by atoms with E-state index >= 15 is 0 Å². The largest absolute Gasteiger partial charge is 0.508 e. The van der Waals surface area contributed by atoms with Crippen LogP contribution in [0.2, 0.25) is 0 Å². The molecule has 1 aliphatic heterocycles. The number of rotatable bonds is 6. The minimum absolute atomic E-state index is 0.0428. The number of likely N-dealkylation sites (tertiary alicyclic amines) is 1. The molecule has 3 rings (SSSR count). The van der Waals surface area contributed by atoms with Gasteiger partial charge in [0.05, 0.1) is 6.61 Å². The molecular weight excluding hydrogens is 319 g/mol. The Morgan fingerprint density at radius 3 is 3.00 bits per heavy atom. The molecule has 0 amide bonds. The van der Waals surface area contributed by atoms with Gasteiger partial charge in [0.2, 0.25) is 0 Å². The Hall–Kier alpha value is -1.37. The number of phenolic OH excluding ortho intramolecular Hbond substituents is 1. The van der Waals surface area contributed by atoms with E-state index in [9.17, 15) is 9.67 Å². The number of H-pyrrole nitrogens is 1. The average molecular weight is 340 g/mol. The van der Waals surface area contributed by atoms with E-state index in [0.29, 0.717) is 0 Å². The summed E-state index contributed by atoms with van der Waals surface area (Å²) in [5.74, 6) is 0.243. The first-order chi connectivity index (χ1) is 10.9. The van der Waals surface area contributed by atoms with Crippen LogP contribution in [0.3, 0.4) is 0 Å². The van der Waals surface area contributed by atoms with Crippen LogP contribution in [0.1, 0.15) is 18.4 Å². The quantitative estimate of drug-likeness (QED) is 0.599. The van der Waals surface area contributed by atoms with Gasteiger partial charge in [-0.15, -0.1) is 0 Å². The van der Waals surface area contributed by atoms with Crippen LogP contribution in [0.5, 0.6) is 5.75 Å². The molecule has 4 N–H and O–H groups in total. The summed E-state index contributed by atoms with van der Waals surface area (Å²) in [5, 5.41) is 10.6. The van der Waals surface area contributed by atoms with E-state index in [2.05, 4.69) is 14.4 Å². The first-order valence-electron chi connectivity index (χ1n) is 7.65. The lowest BCUT2D eigenvalue weighted by atomic mass is 10.1. The Balaban J connectivity index is 1.62. The van der Waals surface area contributed by atoms with Crippen molar-refractivity contribution in [2.75, 3.05) is 19.7 Å². The summed E-state index contributed by atoms with van der Waals surface area (Å²) >= 11 is 0. The highest BCUT2D eigenvalue weighted by Crippen LogP contribution is 2.37. The Labute approximate surface area is 134 Å². The monoisotopic (exact) mass is 340 g/mol. The molecule has 1 aliphatic rings. The number of nitrogens with zero attached hydrogens (tertiary/aromatic N) is 1. The summed E-state index contributed by atoms with van der Waals surface area (Å²) in [6.07, 6.45) is 4.63. The van der Waals surface area contributed by atoms with Crippen LogP contribution in [0.4, 0.5) is 0 Å². The van der Waals surface area contributed by atoms with Gasteiger partial charge in [0.25, 0.3) is 0 Å².